The summed E-state index contributed by atoms with van der Waals surface area (Å²) in [7, 11) is 0. The van der Waals surface area contributed by atoms with Crippen LogP contribution in [-0.2, 0) is 6.54 Å². The van der Waals surface area contributed by atoms with E-state index in [1.807, 2.05) is 48.5 Å². The lowest BCUT2D eigenvalue weighted by molar-refractivity contribution is 0.779. The molecule has 0 atom stereocenters. The first-order valence-corrected chi connectivity index (χ1v) is 6.47. The van der Waals surface area contributed by atoms with Crippen molar-refractivity contribution in [3.63, 3.8) is 0 Å². The highest BCUT2D eigenvalue weighted by Crippen LogP contribution is 2.18. The lowest BCUT2D eigenvalue weighted by atomic mass is 10.2. The van der Waals surface area contributed by atoms with Crippen LogP contribution in [0.15, 0.2) is 72.0 Å². The molecule has 1 heterocycles. The summed E-state index contributed by atoms with van der Waals surface area (Å²) in [5.41, 5.74) is 1.61. The molecule has 98 valence electrons. The lowest BCUT2D eigenvalue weighted by Gasteiger charge is -2.11. The fourth-order valence-corrected chi connectivity index (χ4v) is 2.27. The van der Waals surface area contributed by atoms with E-state index in [2.05, 4.69) is 11.6 Å². The zero-order valence-corrected chi connectivity index (χ0v) is 11.0. The highest BCUT2D eigenvalue weighted by Gasteiger charge is 2.11. The second-order valence-electron chi connectivity index (χ2n) is 4.52. The summed E-state index contributed by atoms with van der Waals surface area (Å²) < 4.78 is 1.66. The summed E-state index contributed by atoms with van der Waals surface area (Å²) in [5.74, 6) is 0.675. The molecule has 3 nitrogen and oxygen atoms in total. The van der Waals surface area contributed by atoms with E-state index in [4.69, 9.17) is 0 Å². The number of rotatable bonds is 3. The molecule has 0 bridgehead atoms. The average Bonchev–Trinajstić information content (AvgIpc) is 2.51. The summed E-state index contributed by atoms with van der Waals surface area (Å²) in [6.07, 6.45) is 1.71. The zero-order valence-electron chi connectivity index (χ0n) is 11.0. The minimum absolute atomic E-state index is 0.0330. The van der Waals surface area contributed by atoms with Gasteiger partial charge in [-0.1, -0.05) is 48.5 Å². The molecule has 3 rings (SSSR count). The summed E-state index contributed by atoms with van der Waals surface area (Å²) in [6, 6.07) is 17.1. The molecule has 0 amide bonds. The predicted octanol–water partition coefficient (Wildman–Crippen LogP) is 3.25. The van der Waals surface area contributed by atoms with E-state index in [1.54, 1.807) is 16.7 Å². The Kier molecular flexibility index (Phi) is 3.17. The van der Waals surface area contributed by atoms with Crippen molar-refractivity contribution in [3.8, 4) is 11.4 Å². The topological polar surface area (TPSA) is 34.9 Å². The smallest absolute Gasteiger partial charge is 0.261 e. The molecule has 3 heteroatoms. The Bertz CT molecular complexity index is 819. The van der Waals surface area contributed by atoms with E-state index in [9.17, 15) is 4.79 Å². The number of benzene rings is 2. The molecule has 0 aliphatic heterocycles. The molecule has 0 spiro atoms. The Morgan fingerprint density at radius 2 is 1.75 bits per heavy atom. The van der Waals surface area contributed by atoms with Crippen LogP contribution in [0.4, 0.5) is 0 Å². The fraction of sp³-hybridized carbons (Fsp3) is 0.0588. The largest absolute Gasteiger partial charge is 0.288 e. The van der Waals surface area contributed by atoms with Crippen LogP contribution in [0.5, 0.6) is 0 Å². The van der Waals surface area contributed by atoms with Crippen LogP contribution in [0, 0.1) is 0 Å². The summed E-state index contributed by atoms with van der Waals surface area (Å²) >= 11 is 0. The fourth-order valence-electron chi connectivity index (χ4n) is 2.27. The number of hydrogen-bond acceptors (Lipinski definition) is 2. The van der Waals surface area contributed by atoms with E-state index >= 15 is 0 Å². The molecule has 0 aliphatic carbocycles. The minimum Gasteiger partial charge on any atom is -0.288 e. The number of para-hydroxylation sites is 1. The van der Waals surface area contributed by atoms with Gasteiger partial charge in [-0.3, -0.25) is 9.36 Å². The monoisotopic (exact) mass is 262 g/mol. The van der Waals surface area contributed by atoms with Gasteiger partial charge in [-0.2, -0.15) is 0 Å². The van der Waals surface area contributed by atoms with E-state index < -0.39 is 0 Å². The molecule has 2 aromatic carbocycles. The molecule has 1 aromatic heterocycles. The van der Waals surface area contributed by atoms with Crippen LogP contribution < -0.4 is 5.56 Å². The van der Waals surface area contributed by atoms with Crippen molar-refractivity contribution < 1.29 is 0 Å². The van der Waals surface area contributed by atoms with Gasteiger partial charge in [0.05, 0.1) is 10.9 Å². The van der Waals surface area contributed by atoms with Gasteiger partial charge in [-0.15, -0.1) is 6.58 Å². The number of nitrogens with zero attached hydrogens (tertiary/aromatic N) is 2. The molecule has 3 aromatic rings. The normalized spacial score (nSPS) is 10.6. The molecule has 0 radical (unpaired) electrons. The maximum Gasteiger partial charge on any atom is 0.261 e. The summed E-state index contributed by atoms with van der Waals surface area (Å²) in [4.78, 5) is 17.2. The van der Waals surface area contributed by atoms with Crippen LogP contribution in [0.1, 0.15) is 0 Å². The van der Waals surface area contributed by atoms with Gasteiger partial charge < -0.3 is 0 Å². The SMILES string of the molecule is C=CCn1c(-c2ccccc2)nc2ccccc2c1=O. The van der Waals surface area contributed by atoms with Crippen molar-refractivity contribution in [2.24, 2.45) is 0 Å². The molecule has 0 saturated carbocycles. The molecule has 0 N–H and O–H groups in total. The van der Waals surface area contributed by atoms with Crippen molar-refractivity contribution in [2.75, 3.05) is 0 Å². The molecular formula is C17H14N2O. The molecule has 0 aliphatic rings. The van der Waals surface area contributed by atoms with Crippen molar-refractivity contribution in [1.82, 2.24) is 9.55 Å². The molecule has 0 saturated heterocycles. The molecule has 0 fully saturated rings. The van der Waals surface area contributed by atoms with E-state index in [1.165, 1.54) is 0 Å². The zero-order chi connectivity index (χ0) is 13.9. The minimum atomic E-state index is -0.0330. The van der Waals surface area contributed by atoms with E-state index in [0.29, 0.717) is 17.8 Å². The van der Waals surface area contributed by atoms with Crippen molar-refractivity contribution >= 4 is 10.9 Å². The van der Waals surface area contributed by atoms with Crippen LogP contribution >= 0.6 is 0 Å². The first-order valence-electron chi connectivity index (χ1n) is 6.47. The van der Waals surface area contributed by atoms with Gasteiger partial charge in [0.1, 0.15) is 5.82 Å². The van der Waals surface area contributed by atoms with Gasteiger partial charge in [0, 0.05) is 12.1 Å². The number of aromatic nitrogens is 2. The summed E-state index contributed by atoms with van der Waals surface area (Å²) in [5, 5.41) is 0.633. The highest BCUT2D eigenvalue weighted by molar-refractivity contribution is 5.79. The molecule has 0 unspecified atom stereocenters. The Morgan fingerprint density at radius 3 is 2.50 bits per heavy atom. The van der Waals surface area contributed by atoms with Crippen LogP contribution in [0.3, 0.4) is 0 Å². The second-order valence-corrected chi connectivity index (χ2v) is 4.52. The number of fused-ring (bicyclic) bond motifs is 1. The van der Waals surface area contributed by atoms with Crippen molar-refractivity contribution in [3.05, 3.63) is 77.6 Å². The highest BCUT2D eigenvalue weighted by atomic mass is 16.1. The number of hydrogen-bond donors (Lipinski definition) is 0. The third-order valence-electron chi connectivity index (χ3n) is 3.21. The van der Waals surface area contributed by atoms with E-state index in [0.717, 1.165) is 11.1 Å². The Labute approximate surface area is 116 Å². The maximum atomic E-state index is 12.6. The average molecular weight is 262 g/mol. The molecular weight excluding hydrogens is 248 g/mol. The Balaban J connectivity index is 2.38. The van der Waals surface area contributed by atoms with Crippen LogP contribution in [0.25, 0.3) is 22.3 Å². The Morgan fingerprint density at radius 1 is 1.05 bits per heavy atom. The Hall–Kier alpha value is -2.68. The first kappa shape index (κ1) is 12.4. The second kappa shape index (κ2) is 5.13. The lowest BCUT2D eigenvalue weighted by Crippen LogP contribution is -2.22. The van der Waals surface area contributed by atoms with Crippen LogP contribution in [-0.4, -0.2) is 9.55 Å². The predicted molar refractivity (Wildman–Crippen MR) is 81.6 cm³/mol. The van der Waals surface area contributed by atoms with Gasteiger partial charge >= 0.3 is 0 Å². The summed E-state index contributed by atoms with van der Waals surface area (Å²) in [6.45, 7) is 4.17. The maximum absolute atomic E-state index is 12.6. The van der Waals surface area contributed by atoms with Crippen LogP contribution in [0.2, 0.25) is 0 Å². The van der Waals surface area contributed by atoms with E-state index in [-0.39, 0.29) is 5.56 Å². The van der Waals surface area contributed by atoms with Gasteiger partial charge in [-0.05, 0) is 12.1 Å². The molecule has 20 heavy (non-hydrogen) atoms. The van der Waals surface area contributed by atoms with Gasteiger partial charge in [0.15, 0.2) is 0 Å². The van der Waals surface area contributed by atoms with Crippen molar-refractivity contribution in [2.45, 2.75) is 6.54 Å². The number of allylic oxidation sites excluding steroid dienone is 1. The first-order chi connectivity index (χ1) is 9.81. The van der Waals surface area contributed by atoms with Crippen molar-refractivity contribution in [1.29, 1.82) is 0 Å². The standard InChI is InChI=1S/C17H14N2O/c1-2-12-19-16(13-8-4-3-5-9-13)18-15-11-7-6-10-14(15)17(19)20/h2-11H,1,12H2. The van der Waals surface area contributed by atoms with Gasteiger partial charge in [0.2, 0.25) is 0 Å². The van der Waals surface area contributed by atoms with Gasteiger partial charge in [-0.25, -0.2) is 4.98 Å². The quantitative estimate of drug-likeness (QED) is 0.679. The van der Waals surface area contributed by atoms with Gasteiger partial charge in [0.25, 0.3) is 5.56 Å². The third-order valence-corrected chi connectivity index (χ3v) is 3.21. The third kappa shape index (κ3) is 2.03.